The summed E-state index contributed by atoms with van der Waals surface area (Å²) < 4.78 is 22.9. The second kappa shape index (κ2) is 75.5. The fourth-order valence-corrected chi connectivity index (χ4v) is 12.7. The molecule has 0 rings (SSSR count). The van der Waals surface area contributed by atoms with Gasteiger partial charge in [-0.25, -0.2) is 0 Å². The molecule has 0 aliphatic heterocycles. The van der Waals surface area contributed by atoms with E-state index in [0.717, 1.165) is 123 Å². The molecule has 0 bridgehead atoms. The minimum Gasteiger partial charge on any atom is -0.466 e. The van der Waals surface area contributed by atoms with Crippen LogP contribution in [0.3, 0.4) is 0 Å². The topological polar surface area (TPSA) is 118 Å². The zero-order valence-electron chi connectivity index (χ0n) is 63.3. The van der Waals surface area contributed by atoms with Crippen molar-refractivity contribution in [1.82, 2.24) is 19.6 Å². The Labute approximate surface area is 578 Å². The number of esters is 4. The van der Waals surface area contributed by atoms with Crippen molar-refractivity contribution < 1.29 is 38.1 Å². The summed E-state index contributed by atoms with van der Waals surface area (Å²) in [5.41, 5.74) is 0. The number of carbonyl (C=O) groups is 4. The first-order chi connectivity index (χ1) is 45.7. The molecular formula is C81H160N4O8. The van der Waals surface area contributed by atoms with E-state index in [1.165, 1.54) is 257 Å². The Balaban J connectivity index is 5.26. The monoisotopic (exact) mass is 1320 g/mol. The van der Waals surface area contributed by atoms with Crippen molar-refractivity contribution in [2.75, 3.05) is 105 Å². The Kier molecular flexibility index (Phi) is 73.6. The molecule has 0 heterocycles. The lowest BCUT2D eigenvalue weighted by atomic mass is 10.1. The Morgan fingerprint density at radius 3 is 0.602 bits per heavy atom. The standard InChI is InChI=1S/C81H160N4O8/c1-7-12-17-21-25-29-33-37-41-45-49-53-74-90-78(86)59-68-84(69-60-79(87)91-75-54-50-46-42-38-34-30-26-22-18-13-8-2)65-57-63-82(6)72-73-83(64-16-11-5)66-58-67-85(70-61-80(88)92-76-55-51-47-43-39-35-31-27-23-19-14-9-3)71-62-81(89)93-77-56-52-48-44-40-36-32-28-24-20-15-10-4/h7-77H2,1-6H3. The highest BCUT2D eigenvalue weighted by Crippen LogP contribution is 2.17. The van der Waals surface area contributed by atoms with Gasteiger partial charge in [-0.2, -0.15) is 0 Å². The van der Waals surface area contributed by atoms with E-state index in [0.29, 0.717) is 78.3 Å². The summed E-state index contributed by atoms with van der Waals surface area (Å²) in [5.74, 6) is -0.566. The van der Waals surface area contributed by atoms with Gasteiger partial charge in [0.1, 0.15) is 0 Å². The fourth-order valence-electron chi connectivity index (χ4n) is 12.7. The molecule has 0 N–H and O–H groups in total. The summed E-state index contributed by atoms with van der Waals surface area (Å²) in [6.07, 6.45) is 66.9. The van der Waals surface area contributed by atoms with Crippen molar-refractivity contribution in [3.63, 3.8) is 0 Å². The minimum atomic E-state index is -0.143. The average molecular weight is 1320 g/mol. The average Bonchev–Trinajstić information content (AvgIpc) is 3.77. The van der Waals surface area contributed by atoms with Crippen LogP contribution in [0.4, 0.5) is 0 Å². The lowest BCUT2D eigenvalue weighted by Gasteiger charge is -2.28. The van der Waals surface area contributed by atoms with Crippen molar-refractivity contribution in [3.05, 3.63) is 0 Å². The van der Waals surface area contributed by atoms with Gasteiger partial charge in [0.05, 0.1) is 52.1 Å². The molecule has 0 unspecified atom stereocenters. The van der Waals surface area contributed by atoms with Crippen molar-refractivity contribution in [1.29, 1.82) is 0 Å². The molecule has 0 aromatic carbocycles. The Morgan fingerprint density at radius 2 is 0.376 bits per heavy atom. The number of unbranched alkanes of at least 4 members (excludes halogenated alkanes) is 45. The molecule has 0 amide bonds. The van der Waals surface area contributed by atoms with E-state index in [-0.39, 0.29) is 23.9 Å². The normalized spacial score (nSPS) is 11.7. The maximum Gasteiger partial charge on any atom is 0.307 e. The predicted octanol–water partition coefficient (Wildman–Crippen LogP) is 21.9. The maximum atomic E-state index is 13.0. The van der Waals surface area contributed by atoms with Gasteiger partial charge in [0.15, 0.2) is 0 Å². The number of likely N-dealkylation sites (N-methyl/N-ethyl adjacent to an activating group) is 1. The number of ether oxygens (including phenoxy) is 4. The Morgan fingerprint density at radius 1 is 0.194 bits per heavy atom. The first-order valence-electron chi connectivity index (χ1n) is 41.2. The van der Waals surface area contributed by atoms with Gasteiger partial charge in [0.2, 0.25) is 0 Å². The van der Waals surface area contributed by atoms with E-state index in [2.05, 4.69) is 61.3 Å². The van der Waals surface area contributed by atoms with Crippen LogP contribution in [0, 0.1) is 0 Å². The Hall–Kier alpha value is -2.28. The van der Waals surface area contributed by atoms with E-state index in [9.17, 15) is 19.2 Å². The summed E-state index contributed by atoms with van der Waals surface area (Å²) in [6, 6.07) is 0. The van der Waals surface area contributed by atoms with Crippen LogP contribution >= 0.6 is 0 Å². The van der Waals surface area contributed by atoms with Crippen LogP contribution in [0.2, 0.25) is 0 Å². The molecule has 0 saturated heterocycles. The van der Waals surface area contributed by atoms with Crippen LogP contribution in [0.25, 0.3) is 0 Å². The second-order valence-corrected chi connectivity index (χ2v) is 28.3. The van der Waals surface area contributed by atoms with Gasteiger partial charge < -0.3 is 38.5 Å². The SMILES string of the molecule is CCCCCCCCCCCCCCOC(=O)CCN(CCCN(C)CCN(CCCC)CCCN(CCC(=O)OCCCCCCCCCCCCCC)CCC(=O)OCCCCCCCCCCCCCC)CCC(=O)OCCCCCCCCCCCCCC. The summed E-state index contributed by atoms with van der Waals surface area (Å²) in [6.45, 7) is 22.1. The van der Waals surface area contributed by atoms with Crippen molar-refractivity contribution >= 4 is 23.9 Å². The molecule has 552 valence electrons. The third-order valence-electron chi connectivity index (χ3n) is 19.2. The number of carbonyl (C=O) groups excluding carboxylic acids is 4. The van der Waals surface area contributed by atoms with Gasteiger partial charge in [-0.3, -0.25) is 19.2 Å². The zero-order chi connectivity index (χ0) is 67.7. The van der Waals surface area contributed by atoms with E-state index >= 15 is 0 Å². The molecule has 0 atom stereocenters. The van der Waals surface area contributed by atoms with Crippen molar-refractivity contribution in [3.8, 4) is 0 Å². The molecule has 0 aromatic heterocycles. The van der Waals surface area contributed by atoms with Gasteiger partial charge in [-0.15, -0.1) is 0 Å². The van der Waals surface area contributed by atoms with Gasteiger partial charge in [-0.05, 0) is 84.7 Å². The highest BCUT2D eigenvalue weighted by Gasteiger charge is 2.17. The summed E-state index contributed by atoms with van der Waals surface area (Å²) in [4.78, 5) is 61.6. The van der Waals surface area contributed by atoms with Crippen LogP contribution in [0.1, 0.15) is 394 Å². The highest BCUT2D eigenvalue weighted by atomic mass is 16.5. The number of nitrogens with zero attached hydrogens (tertiary/aromatic N) is 4. The molecule has 0 saturated carbocycles. The minimum absolute atomic E-state index is 0.140. The molecular weight excluding hydrogens is 1160 g/mol. The number of hydrogen-bond acceptors (Lipinski definition) is 12. The van der Waals surface area contributed by atoms with Crippen LogP contribution in [-0.2, 0) is 38.1 Å². The molecule has 12 nitrogen and oxygen atoms in total. The van der Waals surface area contributed by atoms with Gasteiger partial charge in [-0.1, -0.05) is 324 Å². The molecule has 0 radical (unpaired) electrons. The second-order valence-electron chi connectivity index (χ2n) is 28.3. The summed E-state index contributed by atoms with van der Waals surface area (Å²) in [5, 5.41) is 0. The van der Waals surface area contributed by atoms with E-state index in [4.69, 9.17) is 18.9 Å². The van der Waals surface area contributed by atoms with Crippen LogP contribution in [0.5, 0.6) is 0 Å². The smallest absolute Gasteiger partial charge is 0.307 e. The van der Waals surface area contributed by atoms with E-state index < -0.39 is 0 Å². The number of rotatable bonds is 78. The van der Waals surface area contributed by atoms with E-state index in [1.54, 1.807) is 0 Å². The maximum absolute atomic E-state index is 13.0. The largest absolute Gasteiger partial charge is 0.466 e. The lowest BCUT2D eigenvalue weighted by Crippen LogP contribution is -2.38. The molecule has 93 heavy (non-hydrogen) atoms. The van der Waals surface area contributed by atoms with Crippen LogP contribution in [-0.4, -0.2) is 149 Å². The molecule has 12 heteroatoms. The van der Waals surface area contributed by atoms with E-state index in [1.807, 2.05) is 0 Å². The molecule has 0 aliphatic carbocycles. The third kappa shape index (κ3) is 70.8. The molecule has 0 spiro atoms. The van der Waals surface area contributed by atoms with Gasteiger partial charge in [0, 0.05) is 39.3 Å². The van der Waals surface area contributed by atoms with Crippen LogP contribution in [0.15, 0.2) is 0 Å². The predicted molar refractivity (Wildman–Crippen MR) is 398 cm³/mol. The highest BCUT2D eigenvalue weighted by molar-refractivity contribution is 5.71. The first kappa shape index (κ1) is 90.7. The van der Waals surface area contributed by atoms with Gasteiger partial charge in [0.25, 0.3) is 0 Å². The van der Waals surface area contributed by atoms with Crippen LogP contribution < -0.4 is 0 Å². The quantitative estimate of drug-likeness (QED) is 0.0328. The first-order valence-corrected chi connectivity index (χ1v) is 41.2. The molecule has 0 aromatic rings. The summed E-state index contributed by atoms with van der Waals surface area (Å²) in [7, 11) is 2.21. The summed E-state index contributed by atoms with van der Waals surface area (Å²) >= 11 is 0. The molecule has 0 aliphatic rings. The molecule has 0 fully saturated rings. The zero-order valence-corrected chi connectivity index (χ0v) is 63.3. The van der Waals surface area contributed by atoms with Crippen molar-refractivity contribution in [2.24, 2.45) is 0 Å². The fraction of sp³-hybridized carbons (Fsp3) is 0.951. The van der Waals surface area contributed by atoms with Crippen molar-refractivity contribution in [2.45, 2.75) is 394 Å². The van der Waals surface area contributed by atoms with Gasteiger partial charge >= 0.3 is 23.9 Å². The number of hydrogen-bond donors (Lipinski definition) is 0. The Bertz CT molecular complexity index is 1460. The third-order valence-corrected chi connectivity index (χ3v) is 19.2. The lowest BCUT2D eigenvalue weighted by molar-refractivity contribution is -0.146.